The number of carbonyl (C=O) groups excluding carboxylic acids is 9. The molecule has 426 valence electrons. The Hall–Kier alpha value is -6.33. The van der Waals surface area contributed by atoms with E-state index in [2.05, 4.69) is 21.3 Å². The predicted octanol–water partition coefficient (Wildman–Crippen LogP) is 4.91. The number of rotatable bonds is 13. The highest BCUT2D eigenvalue weighted by Gasteiger charge is 2.45. The van der Waals surface area contributed by atoms with Crippen LogP contribution in [-0.2, 0) is 60.7 Å². The third-order valence-electron chi connectivity index (χ3n) is 15.4. The molecule has 77 heavy (non-hydrogen) atoms. The maximum absolute atomic E-state index is 15.3. The molecule has 2 fully saturated rings. The minimum absolute atomic E-state index is 0.0188. The van der Waals surface area contributed by atoms with Gasteiger partial charge >= 0.3 is 5.97 Å². The minimum Gasteiger partial charge on any atom is -0.450 e. The Balaban J connectivity index is 1.94. The molecule has 0 spiro atoms. The largest absolute Gasteiger partial charge is 0.450 e. The van der Waals surface area contributed by atoms with Gasteiger partial charge in [-0.25, -0.2) is 4.79 Å². The Bertz CT molecular complexity index is 2350. The van der Waals surface area contributed by atoms with Gasteiger partial charge in [-0.3, -0.25) is 38.4 Å². The number of likely N-dealkylation sites (N-methyl/N-ethyl adjacent to an activating group) is 3. The number of ether oxygens (including phenoxy) is 1. The smallest absolute Gasteiger partial charge is 0.329 e. The number of cyclic esters (lactones) is 1. The molecule has 0 bridgehead atoms. The number of hydrogen-bond donors (Lipinski definition) is 4. The fraction of sp³-hybridized carbons (Fsp3) is 0.644. The molecule has 2 aromatic carbocycles. The summed E-state index contributed by atoms with van der Waals surface area (Å²) >= 11 is 0. The lowest BCUT2D eigenvalue weighted by Gasteiger charge is -2.37. The van der Waals surface area contributed by atoms with Crippen molar-refractivity contribution < 1.29 is 47.9 Å². The maximum Gasteiger partial charge on any atom is 0.329 e. The van der Waals surface area contributed by atoms with Gasteiger partial charge in [0.1, 0.15) is 48.3 Å². The number of carbonyl (C=O) groups is 9. The first-order valence-corrected chi connectivity index (χ1v) is 27.9. The third kappa shape index (κ3) is 16.4. The first-order chi connectivity index (χ1) is 36.2. The minimum atomic E-state index is -1.40. The lowest BCUT2D eigenvalue weighted by Crippen LogP contribution is -2.62. The van der Waals surface area contributed by atoms with E-state index in [0.29, 0.717) is 24.8 Å². The highest BCUT2D eigenvalue weighted by atomic mass is 16.6. The van der Waals surface area contributed by atoms with E-state index in [9.17, 15) is 33.6 Å². The third-order valence-corrected chi connectivity index (χ3v) is 15.4. The van der Waals surface area contributed by atoms with Crippen molar-refractivity contribution >= 4 is 53.2 Å². The summed E-state index contributed by atoms with van der Waals surface area (Å²) < 4.78 is 6.10. The van der Waals surface area contributed by atoms with Crippen molar-refractivity contribution in [2.45, 2.75) is 182 Å². The molecule has 0 radical (unpaired) electrons. The van der Waals surface area contributed by atoms with Crippen LogP contribution in [0, 0.1) is 35.5 Å². The van der Waals surface area contributed by atoms with E-state index in [-0.39, 0.29) is 38.1 Å². The van der Waals surface area contributed by atoms with Gasteiger partial charge in [0.25, 0.3) is 5.91 Å². The molecule has 2 aliphatic rings. The van der Waals surface area contributed by atoms with Gasteiger partial charge < -0.3 is 45.6 Å². The van der Waals surface area contributed by atoms with E-state index in [0.717, 1.165) is 5.56 Å². The highest BCUT2D eigenvalue weighted by Crippen LogP contribution is 2.26. The van der Waals surface area contributed by atoms with Gasteiger partial charge in [0.05, 0.1) is 0 Å². The Labute approximate surface area is 457 Å². The van der Waals surface area contributed by atoms with Gasteiger partial charge in [-0.2, -0.15) is 0 Å². The molecule has 11 atom stereocenters. The fourth-order valence-corrected chi connectivity index (χ4v) is 10.4. The van der Waals surface area contributed by atoms with E-state index in [4.69, 9.17) is 4.74 Å². The lowest BCUT2D eigenvalue weighted by atomic mass is 9.94. The van der Waals surface area contributed by atoms with Crippen LogP contribution in [0.4, 0.5) is 0 Å². The molecule has 4 N–H and O–H groups in total. The summed E-state index contributed by atoms with van der Waals surface area (Å²) in [6.45, 7) is 21.7. The average molecular weight is 1070 g/mol. The van der Waals surface area contributed by atoms with Crippen molar-refractivity contribution in [1.29, 1.82) is 0 Å². The van der Waals surface area contributed by atoms with Crippen molar-refractivity contribution in [2.75, 3.05) is 27.7 Å². The normalized spacial score (nSPS) is 26.6. The van der Waals surface area contributed by atoms with Gasteiger partial charge in [-0.1, -0.05) is 150 Å². The molecule has 2 aromatic rings. The number of hydrogen-bond acceptors (Lipinski definition) is 10. The van der Waals surface area contributed by atoms with E-state index in [1.165, 1.54) is 40.7 Å². The zero-order valence-corrected chi connectivity index (χ0v) is 48.5. The predicted molar refractivity (Wildman–Crippen MR) is 295 cm³/mol. The molecule has 0 aliphatic carbocycles. The molecule has 0 aromatic heterocycles. The number of esters is 1. The second-order valence-corrected chi connectivity index (χ2v) is 22.9. The number of benzene rings is 2. The molecule has 18 heteroatoms. The SMILES string of the molecule is CCC(C)C1OC(=O)[C@H](C(C)C)NC(=O)[C@H](CC(C)C)NC(=O)[C@H](C(C)C)N(C)C(=O)[C@H]([C@H](C)CC)NC(=O)[C@@H]2CCCN2C(=O)[C@H](Cc2ccccc2)N(C)C(=O)[C@H](Cc2ccccc2)NC(=O)[C@H](C(C)C)N(C)C1=O. The van der Waals surface area contributed by atoms with Crippen LogP contribution >= 0.6 is 0 Å². The van der Waals surface area contributed by atoms with Crippen LogP contribution in [0.5, 0.6) is 0 Å². The van der Waals surface area contributed by atoms with Gasteiger partial charge in [-0.05, 0) is 66.4 Å². The molecule has 4 rings (SSSR count). The van der Waals surface area contributed by atoms with Crippen molar-refractivity contribution in [3.05, 3.63) is 71.8 Å². The van der Waals surface area contributed by atoms with Crippen LogP contribution in [0.1, 0.15) is 126 Å². The van der Waals surface area contributed by atoms with Crippen molar-refractivity contribution in [1.82, 2.24) is 40.9 Å². The Morgan fingerprint density at radius 2 is 1.01 bits per heavy atom. The maximum atomic E-state index is 15.3. The standard InChI is InChI=1S/C59H90N8O10/c1-16-38(11)47-57(74)65(14)48(36(7)8)53(70)60-42(31-34(3)4)51(68)62-46(35(5)6)59(76)77-50(39(12)17-2)58(75)66(15)49(37(9)10)54(71)61-43(32-40-25-20-18-21-26-40)55(72)64(13)45(33-41-27-22-19-23-28-41)56(73)67-30-24-29-44(67)52(69)63-47/h18-23,25-28,34-39,42-50H,16-17,24,29-33H2,1-15H3,(H,60,70)(H,61,71)(H,62,68)(H,63,69)/t38-,39?,42+,43+,44+,45+,46+,47+,48+,49+,50?/m1/s1. The van der Waals surface area contributed by atoms with Crippen LogP contribution in [0.2, 0.25) is 0 Å². The Morgan fingerprint density at radius 3 is 1.51 bits per heavy atom. The molecule has 2 unspecified atom stereocenters. The first kappa shape index (κ1) is 63.2. The first-order valence-electron chi connectivity index (χ1n) is 27.9. The molecular weight excluding hydrogens is 981 g/mol. The van der Waals surface area contributed by atoms with Crippen molar-refractivity contribution in [3.63, 3.8) is 0 Å². The summed E-state index contributed by atoms with van der Waals surface area (Å²) in [7, 11) is 4.45. The molecule has 18 nitrogen and oxygen atoms in total. The van der Waals surface area contributed by atoms with Crippen LogP contribution in [-0.4, -0.2) is 155 Å². The molecule has 2 aliphatic heterocycles. The number of nitrogens with zero attached hydrogens (tertiary/aromatic N) is 4. The zero-order valence-electron chi connectivity index (χ0n) is 48.5. The van der Waals surface area contributed by atoms with Crippen LogP contribution in [0.15, 0.2) is 60.7 Å². The van der Waals surface area contributed by atoms with Crippen LogP contribution < -0.4 is 21.3 Å². The quantitative estimate of drug-likeness (QED) is 0.198. The van der Waals surface area contributed by atoms with E-state index in [1.807, 2.05) is 95.3 Å². The van der Waals surface area contributed by atoms with Gasteiger partial charge in [-0.15, -0.1) is 0 Å². The number of nitrogens with one attached hydrogen (secondary N) is 4. The Morgan fingerprint density at radius 1 is 0.519 bits per heavy atom. The zero-order chi connectivity index (χ0) is 57.6. The van der Waals surface area contributed by atoms with Gasteiger partial charge in [0, 0.05) is 46.4 Å². The molecule has 0 saturated carbocycles. The van der Waals surface area contributed by atoms with Gasteiger partial charge in [0.2, 0.25) is 41.4 Å². The van der Waals surface area contributed by atoms with E-state index >= 15 is 9.59 Å². The van der Waals surface area contributed by atoms with Crippen LogP contribution in [0.3, 0.4) is 0 Å². The van der Waals surface area contributed by atoms with E-state index < -0.39 is 137 Å². The van der Waals surface area contributed by atoms with Gasteiger partial charge in [0.15, 0.2) is 6.10 Å². The summed E-state index contributed by atoms with van der Waals surface area (Å²) in [6.07, 6.45) is 0.466. The second-order valence-electron chi connectivity index (χ2n) is 22.9. The highest BCUT2D eigenvalue weighted by molar-refractivity contribution is 5.99. The molecule has 2 saturated heterocycles. The summed E-state index contributed by atoms with van der Waals surface area (Å²) in [6, 6.07) is 9.00. The average Bonchev–Trinajstić information content (AvgIpc) is 3.89. The Kier molecular flexibility index (Phi) is 23.7. The summed E-state index contributed by atoms with van der Waals surface area (Å²) in [4.78, 5) is 138. The topological polar surface area (TPSA) is 224 Å². The monoisotopic (exact) mass is 1070 g/mol. The summed E-state index contributed by atoms with van der Waals surface area (Å²) in [5, 5.41) is 11.6. The van der Waals surface area contributed by atoms with E-state index in [1.54, 1.807) is 48.5 Å². The van der Waals surface area contributed by atoms with Crippen molar-refractivity contribution in [3.8, 4) is 0 Å². The second kappa shape index (κ2) is 28.9. The molecule has 8 amide bonds. The fourth-order valence-electron chi connectivity index (χ4n) is 10.4. The molecule has 2 heterocycles. The number of amides is 8. The summed E-state index contributed by atoms with van der Waals surface area (Å²) in [5.74, 6) is -8.34. The molecular formula is C59H90N8O10. The van der Waals surface area contributed by atoms with Crippen molar-refractivity contribution in [2.24, 2.45) is 35.5 Å². The number of fused-ring (bicyclic) bond motifs is 1. The van der Waals surface area contributed by atoms with Crippen LogP contribution in [0.25, 0.3) is 0 Å². The summed E-state index contributed by atoms with van der Waals surface area (Å²) in [5.41, 5.74) is 1.45. The lowest BCUT2D eigenvalue weighted by molar-refractivity contribution is -0.168.